The van der Waals surface area contributed by atoms with Gasteiger partial charge in [0.1, 0.15) is 23.8 Å². The van der Waals surface area contributed by atoms with E-state index >= 15 is 0 Å². The predicted molar refractivity (Wildman–Crippen MR) is 116 cm³/mol. The van der Waals surface area contributed by atoms with Crippen LogP contribution in [-0.4, -0.2) is 53.8 Å². The highest BCUT2D eigenvalue weighted by Crippen LogP contribution is 2.38. The molecule has 0 aliphatic heterocycles. The second-order valence-electron chi connectivity index (χ2n) is 8.00. The number of carbonyl (C=O) groups is 1. The van der Waals surface area contributed by atoms with Gasteiger partial charge in [-0.15, -0.1) is 0 Å². The van der Waals surface area contributed by atoms with Crippen LogP contribution in [0.3, 0.4) is 0 Å². The third-order valence-corrected chi connectivity index (χ3v) is 4.26. The minimum Gasteiger partial charge on any atom is -0.475 e. The molecule has 0 fully saturated rings. The van der Waals surface area contributed by atoms with Crippen LogP contribution in [0, 0.1) is 11.3 Å². The number of amides is 1. The monoisotopic (exact) mass is 466 g/mol. The van der Waals surface area contributed by atoms with Gasteiger partial charge in [-0.2, -0.15) is 18.4 Å². The Balaban J connectivity index is 2.28. The number of nitrogen functional groups attached to an aromatic ring is 1. The third kappa shape index (κ3) is 6.61. The van der Waals surface area contributed by atoms with Gasteiger partial charge in [-0.25, -0.2) is 14.8 Å². The molecule has 0 bridgehead atoms. The average molecular weight is 466 g/mol. The number of ether oxygens (including phenoxy) is 2. The molecule has 0 unspecified atom stereocenters. The smallest absolute Gasteiger partial charge is 0.421 e. The summed E-state index contributed by atoms with van der Waals surface area (Å²) in [6, 6.07) is 4.06. The molecule has 33 heavy (non-hydrogen) atoms. The van der Waals surface area contributed by atoms with Crippen molar-refractivity contribution in [2.45, 2.75) is 32.5 Å². The van der Waals surface area contributed by atoms with E-state index in [0.717, 1.165) is 12.3 Å². The Morgan fingerprint density at radius 2 is 1.97 bits per heavy atom. The van der Waals surface area contributed by atoms with Crippen LogP contribution in [0.2, 0.25) is 0 Å². The summed E-state index contributed by atoms with van der Waals surface area (Å²) in [5.74, 6) is -0.645. The molecule has 0 aliphatic carbocycles. The number of anilines is 2. The number of halogens is 3. The zero-order valence-corrected chi connectivity index (χ0v) is 18.9. The lowest BCUT2D eigenvalue weighted by Crippen LogP contribution is -2.36. The van der Waals surface area contributed by atoms with Gasteiger partial charge < -0.3 is 25.4 Å². The van der Waals surface area contributed by atoms with Crippen molar-refractivity contribution < 1.29 is 27.4 Å². The molecule has 0 aromatic carbocycles. The van der Waals surface area contributed by atoms with Gasteiger partial charge >= 0.3 is 12.3 Å². The van der Waals surface area contributed by atoms with E-state index in [4.69, 9.17) is 15.2 Å². The number of likely N-dealkylation sites (N-methyl/N-ethyl adjacent to an activating group) is 1. The normalized spacial score (nSPS) is 11.5. The third-order valence-electron chi connectivity index (χ3n) is 4.26. The van der Waals surface area contributed by atoms with Gasteiger partial charge in [0.2, 0.25) is 5.88 Å². The van der Waals surface area contributed by atoms with Gasteiger partial charge in [-0.3, -0.25) is 0 Å². The molecule has 0 saturated carbocycles. The highest BCUT2D eigenvalue weighted by atomic mass is 19.4. The fraction of sp³-hybridized carbons (Fsp3) is 0.429. The van der Waals surface area contributed by atoms with Crippen LogP contribution in [0.15, 0.2) is 18.3 Å². The summed E-state index contributed by atoms with van der Waals surface area (Å²) in [6.07, 6.45) is -4.25. The summed E-state index contributed by atoms with van der Waals surface area (Å²) in [5.41, 5.74) is 4.38. The van der Waals surface area contributed by atoms with E-state index in [9.17, 15) is 23.2 Å². The van der Waals surface area contributed by atoms with Gasteiger partial charge in [0.15, 0.2) is 5.69 Å². The molecule has 12 heteroatoms. The first-order valence-electron chi connectivity index (χ1n) is 9.79. The van der Waals surface area contributed by atoms with Crippen molar-refractivity contribution in [1.29, 1.82) is 5.26 Å². The summed E-state index contributed by atoms with van der Waals surface area (Å²) >= 11 is 0. The molecule has 0 aliphatic rings. The first-order chi connectivity index (χ1) is 15.3. The highest BCUT2D eigenvalue weighted by molar-refractivity contribution is 5.77. The Labute approximate surface area is 189 Å². The lowest BCUT2D eigenvalue weighted by Gasteiger charge is -2.24. The van der Waals surface area contributed by atoms with Crippen molar-refractivity contribution >= 4 is 17.5 Å². The van der Waals surface area contributed by atoms with Gasteiger partial charge in [0, 0.05) is 25.9 Å². The molecular formula is C21H25F3N6O3. The number of nitriles is 1. The number of hydrogen-bond acceptors (Lipinski definition) is 8. The van der Waals surface area contributed by atoms with Crippen LogP contribution in [0.4, 0.5) is 29.3 Å². The topological polar surface area (TPSA) is 126 Å². The largest absolute Gasteiger partial charge is 0.475 e. The van der Waals surface area contributed by atoms with E-state index in [1.807, 2.05) is 6.07 Å². The van der Waals surface area contributed by atoms with Gasteiger partial charge in [0.05, 0.1) is 23.6 Å². The summed E-state index contributed by atoms with van der Waals surface area (Å²) < 4.78 is 51.5. The zero-order chi connectivity index (χ0) is 25.0. The van der Waals surface area contributed by atoms with Crippen LogP contribution < -0.4 is 15.8 Å². The molecule has 0 saturated heterocycles. The fourth-order valence-corrected chi connectivity index (χ4v) is 2.62. The molecule has 2 rings (SSSR count). The Kier molecular flexibility index (Phi) is 7.58. The fourth-order valence-electron chi connectivity index (χ4n) is 2.62. The second-order valence-corrected chi connectivity index (χ2v) is 8.00. The van der Waals surface area contributed by atoms with E-state index in [2.05, 4.69) is 15.3 Å². The quantitative estimate of drug-likeness (QED) is 0.656. The van der Waals surface area contributed by atoms with Gasteiger partial charge in [-0.1, -0.05) is 0 Å². The molecule has 9 nitrogen and oxygen atoms in total. The van der Waals surface area contributed by atoms with Crippen LogP contribution in [0.25, 0.3) is 11.3 Å². The molecule has 3 N–H and O–H groups in total. The van der Waals surface area contributed by atoms with Gasteiger partial charge in [0.25, 0.3) is 0 Å². The number of nitrogens with two attached hydrogens (primary N) is 1. The first-order valence-corrected chi connectivity index (χ1v) is 9.79. The number of nitrogens with zero attached hydrogens (tertiary/aromatic N) is 4. The molecule has 2 aromatic heterocycles. The van der Waals surface area contributed by atoms with E-state index in [1.54, 1.807) is 27.8 Å². The molecule has 1 amide bonds. The maximum atomic E-state index is 13.7. The molecule has 0 atom stereocenters. The van der Waals surface area contributed by atoms with Crippen LogP contribution in [0.5, 0.6) is 5.88 Å². The van der Waals surface area contributed by atoms with E-state index in [0.29, 0.717) is 5.69 Å². The molecule has 2 aromatic rings. The Hall–Kier alpha value is -3.75. The Morgan fingerprint density at radius 3 is 2.52 bits per heavy atom. The van der Waals surface area contributed by atoms with Crippen LogP contribution in [0.1, 0.15) is 32.0 Å². The van der Waals surface area contributed by atoms with Crippen molar-refractivity contribution in [2.75, 3.05) is 38.3 Å². The van der Waals surface area contributed by atoms with Crippen molar-refractivity contribution in [3.05, 3.63) is 29.6 Å². The standard InChI is InChI=1S/C21H25F3N6O3/c1-20(2,3)33-19(31)30(5)6-7-32-18-13(21(22,23)24)8-12(11-28-18)14-9-15(27-4)17(26)16(10-25)29-14/h8-9,11H,6-7,26H2,1-5H3,(H,27,29). The maximum absolute atomic E-state index is 13.7. The average Bonchev–Trinajstić information content (AvgIpc) is 2.72. The number of carbonyl (C=O) groups excluding carboxylic acids is 1. The molecule has 178 valence electrons. The summed E-state index contributed by atoms with van der Waals surface area (Å²) in [4.78, 5) is 21.0. The van der Waals surface area contributed by atoms with Crippen molar-refractivity contribution in [1.82, 2.24) is 14.9 Å². The SMILES string of the molecule is CNc1cc(-c2cnc(OCCN(C)C(=O)OC(C)(C)C)c(C(F)(F)F)c2)nc(C#N)c1N. The van der Waals surface area contributed by atoms with Crippen molar-refractivity contribution in [3.63, 3.8) is 0 Å². The zero-order valence-electron chi connectivity index (χ0n) is 18.9. The number of rotatable bonds is 6. The number of alkyl halides is 3. The summed E-state index contributed by atoms with van der Waals surface area (Å²) in [7, 11) is 3.00. The number of nitrogens with one attached hydrogen (secondary N) is 1. The minimum absolute atomic E-state index is 0.0216. The number of hydrogen-bond donors (Lipinski definition) is 2. The van der Waals surface area contributed by atoms with Crippen LogP contribution in [-0.2, 0) is 10.9 Å². The van der Waals surface area contributed by atoms with E-state index in [-0.39, 0.29) is 35.8 Å². The second kappa shape index (κ2) is 9.81. The Bertz CT molecular complexity index is 1060. The van der Waals surface area contributed by atoms with Crippen LogP contribution >= 0.6 is 0 Å². The lowest BCUT2D eigenvalue weighted by atomic mass is 10.1. The molecule has 0 spiro atoms. The highest BCUT2D eigenvalue weighted by Gasteiger charge is 2.36. The molecule has 0 radical (unpaired) electrons. The predicted octanol–water partition coefficient (Wildman–Crippen LogP) is 3.90. The maximum Gasteiger partial charge on any atom is 0.421 e. The first kappa shape index (κ1) is 25.5. The molecule has 2 heterocycles. The summed E-state index contributed by atoms with van der Waals surface area (Å²) in [5, 5.41) is 12.0. The molecular weight excluding hydrogens is 441 g/mol. The van der Waals surface area contributed by atoms with Crippen molar-refractivity contribution in [2.24, 2.45) is 0 Å². The van der Waals surface area contributed by atoms with Crippen molar-refractivity contribution in [3.8, 4) is 23.2 Å². The van der Waals surface area contributed by atoms with E-state index < -0.39 is 29.3 Å². The van der Waals surface area contributed by atoms with Gasteiger partial charge in [-0.05, 0) is 32.9 Å². The lowest BCUT2D eigenvalue weighted by molar-refractivity contribution is -0.139. The summed E-state index contributed by atoms with van der Waals surface area (Å²) in [6.45, 7) is 4.84. The number of pyridine rings is 2. The number of aromatic nitrogens is 2. The minimum atomic E-state index is -4.77. The van der Waals surface area contributed by atoms with E-state index in [1.165, 1.54) is 18.0 Å². The Morgan fingerprint density at radius 1 is 1.30 bits per heavy atom.